The van der Waals surface area contributed by atoms with Crippen molar-refractivity contribution < 1.29 is 22.8 Å². The van der Waals surface area contributed by atoms with E-state index in [1.54, 1.807) is 6.92 Å². The summed E-state index contributed by atoms with van der Waals surface area (Å²) in [7, 11) is 1.54. The third-order valence-corrected chi connectivity index (χ3v) is 4.89. The van der Waals surface area contributed by atoms with E-state index < -0.39 is 23.8 Å². The summed E-state index contributed by atoms with van der Waals surface area (Å²) in [5.74, 6) is -0.490. The molecule has 1 aliphatic heterocycles. The molecule has 2 N–H and O–H groups in total. The van der Waals surface area contributed by atoms with Crippen molar-refractivity contribution in [1.82, 2.24) is 19.8 Å². The van der Waals surface area contributed by atoms with E-state index in [4.69, 9.17) is 0 Å². The molecule has 0 aliphatic carbocycles. The van der Waals surface area contributed by atoms with E-state index in [0.29, 0.717) is 17.5 Å². The van der Waals surface area contributed by atoms with Crippen molar-refractivity contribution in [3.63, 3.8) is 0 Å². The Hall–Kier alpha value is -2.78. The van der Waals surface area contributed by atoms with Gasteiger partial charge in [0.2, 0.25) is 5.91 Å². The van der Waals surface area contributed by atoms with Crippen LogP contribution in [-0.4, -0.2) is 52.6 Å². The van der Waals surface area contributed by atoms with Crippen molar-refractivity contribution in [1.29, 1.82) is 0 Å². The first-order valence-electron chi connectivity index (χ1n) is 8.35. The van der Waals surface area contributed by atoms with Gasteiger partial charge in [0.05, 0.1) is 16.4 Å². The van der Waals surface area contributed by atoms with Gasteiger partial charge in [-0.25, -0.2) is 4.79 Å². The lowest BCUT2D eigenvalue weighted by atomic mass is 9.89. The van der Waals surface area contributed by atoms with Crippen LogP contribution in [0.15, 0.2) is 23.0 Å². The predicted octanol–water partition coefficient (Wildman–Crippen LogP) is 1.49. The number of carbonyl (C=O) groups excluding carboxylic acids is 2. The number of H-pyrrole nitrogens is 1. The van der Waals surface area contributed by atoms with Gasteiger partial charge in [-0.1, -0.05) is 0 Å². The number of fused-ring (bicyclic) bond motifs is 1. The number of aromatic amines is 1. The Bertz CT molecular complexity index is 962. The van der Waals surface area contributed by atoms with Crippen LogP contribution in [0.2, 0.25) is 0 Å². The van der Waals surface area contributed by atoms with E-state index >= 15 is 0 Å². The molecule has 2 heterocycles. The number of aromatic nitrogens is 2. The average Bonchev–Trinajstić information content (AvgIpc) is 3.13. The van der Waals surface area contributed by atoms with Crippen LogP contribution in [0.5, 0.6) is 0 Å². The van der Waals surface area contributed by atoms with Gasteiger partial charge in [-0.15, -0.1) is 0 Å². The fraction of sp³-hybridized carbons (Fsp3) is 0.471. The van der Waals surface area contributed by atoms with Crippen LogP contribution in [0.4, 0.5) is 13.2 Å². The monoisotopic (exact) mass is 384 g/mol. The number of nitrogens with one attached hydrogen (secondary N) is 2. The highest BCUT2D eigenvalue weighted by atomic mass is 19.4. The number of rotatable bonds is 3. The summed E-state index contributed by atoms with van der Waals surface area (Å²) in [6, 6.07) is 4.07. The normalized spacial score (nSPS) is 20.3. The summed E-state index contributed by atoms with van der Waals surface area (Å²) in [5, 5.41) is 2.59. The molecule has 1 fully saturated rings. The fourth-order valence-electron chi connectivity index (χ4n) is 3.44. The molecule has 10 heteroatoms. The van der Waals surface area contributed by atoms with Gasteiger partial charge in [-0.3, -0.25) is 14.2 Å². The fourth-order valence-corrected chi connectivity index (χ4v) is 3.44. The number of likely N-dealkylation sites (tertiary alicyclic amines) is 1. The molecule has 7 nitrogen and oxygen atoms in total. The van der Waals surface area contributed by atoms with Gasteiger partial charge in [0, 0.05) is 25.7 Å². The van der Waals surface area contributed by atoms with Gasteiger partial charge in [0.15, 0.2) is 0 Å². The number of hydrogen-bond donors (Lipinski definition) is 2. The molecule has 1 atom stereocenters. The molecule has 1 unspecified atom stereocenters. The lowest BCUT2D eigenvalue weighted by Gasteiger charge is -2.22. The number of alkyl halides is 3. The zero-order valence-corrected chi connectivity index (χ0v) is 14.8. The first-order valence-corrected chi connectivity index (χ1v) is 8.35. The second kappa shape index (κ2) is 6.43. The van der Waals surface area contributed by atoms with E-state index in [-0.39, 0.29) is 35.0 Å². The SMILES string of the molecule is CNC(=O)C1(C)CCN(C(=O)c2ccc3c(c2)[nH]c(=O)n3CC(F)(F)F)C1. The molecule has 146 valence electrons. The summed E-state index contributed by atoms with van der Waals surface area (Å²) >= 11 is 0. The van der Waals surface area contributed by atoms with E-state index in [1.807, 2.05) is 0 Å². The minimum Gasteiger partial charge on any atom is -0.359 e. The molecule has 27 heavy (non-hydrogen) atoms. The quantitative estimate of drug-likeness (QED) is 0.841. The van der Waals surface area contributed by atoms with E-state index in [1.165, 1.54) is 30.1 Å². The second-order valence-corrected chi connectivity index (χ2v) is 6.98. The molecule has 1 saturated heterocycles. The summed E-state index contributed by atoms with van der Waals surface area (Å²) in [4.78, 5) is 40.4. The van der Waals surface area contributed by atoms with Crippen LogP contribution in [0, 0.1) is 5.41 Å². The zero-order valence-electron chi connectivity index (χ0n) is 14.8. The maximum Gasteiger partial charge on any atom is 0.406 e. The molecule has 0 spiro atoms. The average molecular weight is 384 g/mol. The Kier molecular flexibility index (Phi) is 4.52. The van der Waals surface area contributed by atoms with Crippen molar-refractivity contribution in [2.24, 2.45) is 5.41 Å². The molecule has 2 amide bonds. The highest BCUT2D eigenvalue weighted by molar-refractivity contribution is 5.98. The molecule has 3 rings (SSSR count). The Morgan fingerprint density at radius 1 is 1.33 bits per heavy atom. The number of carbonyl (C=O) groups is 2. The van der Waals surface area contributed by atoms with Crippen molar-refractivity contribution in [3.8, 4) is 0 Å². The lowest BCUT2D eigenvalue weighted by Crippen LogP contribution is -2.40. The van der Waals surface area contributed by atoms with Gasteiger partial charge in [0.25, 0.3) is 5.91 Å². The van der Waals surface area contributed by atoms with Crippen LogP contribution in [-0.2, 0) is 11.3 Å². The third-order valence-electron chi connectivity index (χ3n) is 4.89. The van der Waals surface area contributed by atoms with Crippen molar-refractivity contribution in [2.45, 2.75) is 26.1 Å². The molecule has 0 saturated carbocycles. The topological polar surface area (TPSA) is 87.2 Å². The maximum atomic E-state index is 12.7. The van der Waals surface area contributed by atoms with Crippen LogP contribution >= 0.6 is 0 Å². The number of imidazole rings is 1. The first kappa shape index (κ1) is 19.0. The van der Waals surface area contributed by atoms with Crippen LogP contribution in [0.25, 0.3) is 11.0 Å². The Morgan fingerprint density at radius 2 is 2.04 bits per heavy atom. The van der Waals surface area contributed by atoms with Gasteiger partial charge < -0.3 is 15.2 Å². The van der Waals surface area contributed by atoms with Gasteiger partial charge >= 0.3 is 11.9 Å². The highest BCUT2D eigenvalue weighted by Gasteiger charge is 2.41. The summed E-state index contributed by atoms with van der Waals surface area (Å²) in [6.45, 7) is 1.01. The zero-order chi connectivity index (χ0) is 20.0. The molecule has 1 aromatic heterocycles. The molecule has 2 aromatic rings. The van der Waals surface area contributed by atoms with E-state index in [9.17, 15) is 27.6 Å². The Balaban J connectivity index is 1.87. The van der Waals surface area contributed by atoms with Crippen molar-refractivity contribution in [3.05, 3.63) is 34.2 Å². The Morgan fingerprint density at radius 3 is 2.67 bits per heavy atom. The standard InChI is InChI=1S/C17H19F3N4O3/c1-16(14(26)21-2)5-6-23(8-16)13(25)10-3-4-12-11(7-10)22-15(27)24(12)9-17(18,19)20/h3-4,7H,5-6,8-9H2,1-2H3,(H,21,26)(H,22,27). The van der Waals surface area contributed by atoms with Gasteiger partial charge in [0.1, 0.15) is 6.54 Å². The summed E-state index contributed by atoms with van der Waals surface area (Å²) < 4.78 is 38.5. The number of benzene rings is 1. The summed E-state index contributed by atoms with van der Waals surface area (Å²) in [6.07, 6.45) is -4.02. The second-order valence-electron chi connectivity index (χ2n) is 6.98. The van der Waals surface area contributed by atoms with Gasteiger partial charge in [-0.05, 0) is 31.5 Å². The number of hydrogen-bond acceptors (Lipinski definition) is 3. The van der Waals surface area contributed by atoms with Crippen LogP contribution < -0.4 is 11.0 Å². The van der Waals surface area contributed by atoms with E-state index in [0.717, 1.165) is 0 Å². The van der Waals surface area contributed by atoms with E-state index in [2.05, 4.69) is 10.3 Å². The van der Waals surface area contributed by atoms with Crippen LogP contribution in [0.3, 0.4) is 0 Å². The predicted molar refractivity (Wildman–Crippen MR) is 91.3 cm³/mol. The molecular weight excluding hydrogens is 365 g/mol. The lowest BCUT2D eigenvalue weighted by molar-refractivity contribution is -0.140. The van der Waals surface area contributed by atoms with Crippen LogP contribution in [0.1, 0.15) is 23.7 Å². The highest BCUT2D eigenvalue weighted by Crippen LogP contribution is 2.31. The smallest absolute Gasteiger partial charge is 0.359 e. The third kappa shape index (κ3) is 3.56. The Labute approximate surface area is 152 Å². The number of amides is 2. The number of nitrogens with zero attached hydrogens (tertiary/aromatic N) is 2. The molecule has 0 radical (unpaired) electrons. The maximum absolute atomic E-state index is 12.7. The first-order chi connectivity index (χ1) is 12.5. The largest absolute Gasteiger partial charge is 0.406 e. The number of halogens is 3. The molecular formula is C17H19F3N4O3. The van der Waals surface area contributed by atoms with Crippen molar-refractivity contribution in [2.75, 3.05) is 20.1 Å². The molecule has 1 aromatic carbocycles. The summed E-state index contributed by atoms with van der Waals surface area (Å²) in [5.41, 5.74) is -1.10. The minimum atomic E-state index is -4.53. The van der Waals surface area contributed by atoms with Crippen molar-refractivity contribution >= 4 is 22.8 Å². The molecule has 1 aliphatic rings. The van der Waals surface area contributed by atoms with Gasteiger partial charge in [-0.2, -0.15) is 13.2 Å². The minimum absolute atomic E-state index is 0.0745. The molecule has 0 bridgehead atoms.